The topological polar surface area (TPSA) is 68.1 Å². The van der Waals surface area contributed by atoms with Gasteiger partial charge in [-0.15, -0.1) is 0 Å². The van der Waals surface area contributed by atoms with E-state index in [4.69, 9.17) is 14.2 Å². The summed E-state index contributed by atoms with van der Waals surface area (Å²) in [7, 11) is 0. The number of para-hydroxylation sites is 1. The highest BCUT2D eigenvalue weighted by atomic mass is 16.5. The van der Waals surface area contributed by atoms with Gasteiger partial charge in [-0.1, -0.05) is 80.6 Å². The van der Waals surface area contributed by atoms with E-state index in [2.05, 4.69) is 125 Å². The van der Waals surface area contributed by atoms with Crippen LogP contribution < -0.4 is 9.64 Å². The second-order valence-corrected chi connectivity index (χ2v) is 16.2. The number of aryl methyl sites for hydroxylation is 2. The Morgan fingerprint density at radius 3 is 2.11 bits per heavy atom. The highest BCUT2D eigenvalue weighted by molar-refractivity contribution is 6.03. The van der Waals surface area contributed by atoms with Crippen LogP contribution in [-0.2, 0) is 29.9 Å². The number of carbonyl (C=O) groups excluding carboxylic acids is 2. The van der Waals surface area contributed by atoms with Crippen LogP contribution in [0.2, 0.25) is 0 Å². The summed E-state index contributed by atoms with van der Waals surface area (Å²) in [6.45, 7) is 25.6. The first-order valence-corrected chi connectivity index (χ1v) is 19.5. The van der Waals surface area contributed by atoms with Crippen molar-refractivity contribution < 1.29 is 28.4 Å². The summed E-state index contributed by atoms with van der Waals surface area (Å²) in [6, 6.07) is 23.0. The van der Waals surface area contributed by atoms with Gasteiger partial charge in [0.2, 0.25) is 5.69 Å². The largest absolute Gasteiger partial charge is 0.460 e. The van der Waals surface area contributed by atoms with E-state index >= 15 is 0 Å². The number of anilines is 1. The summed E-state index contributed by atoms with van der Waals surface area (Å²) in [6.07, 6.45) is 10.5. The number of benzene rings is 3. The molecule has 0 aromatic heterocycles. The standard InChI is InChI=1S/C49H55N2O5/c1-32(2)46(52)54-28-26-50-41-22-16-34(5)30-39(41)48(7,8)43(50)24-20-36-18-19-37(45(36)56-38-14-12-11-13-15-38)21-25-44-49(9,10)40-31-35(6)17-23-42(40)51(44)27-29-55-47(53)33(3)4/h11-17,20-25,30-31H,1,3,18-19,26-29H2,2,4-10H3/q+1. The van der Waals surface area contributed by atoms with E-state index in [1.165, 1.54) is 22.3 Å². The molecule has 0 atom stereocenters. The molecule has 0 bridgehead atoms. The van der Waals surface area contributed by atoms with Crippen LogP contribution in [0.25, 0.3) is 0 Å². The van der Waals surface area contributed by atoms with Crippen molar-refractivity contribution in [1.82, 2.24) is 0 Å². The number of allylic oxidation sites excluding steroid dienone is 7. The molecule has 7 nitrogen and oxygen atoms in total. The normalized spacial score (nSPS) is 18.2. The van der Waals surface area contributed by atoms with E-state index in [-0.39, 0.29) is 36.0 Å². The van der Waals surface area contributed by atoms with Crippen molar-refractivity contribution in [2.24, 2.45) is 0 Å². The molecule has 0 fully saturated rings. The fourth-order valence-electron chi connectivity index (χ4n) is 7.88. The maximum atomic E-state index is 12.3. The monoisotopic (exact) mass is 751 g/mol. The molecule has 2 aliphatic heterocycles. The van der Waals surface area contributed by atoms with Crippen molar-refractivity contribution >= 4 is 29.0 Å². The molecule has 3 aromatic rings. The number of ether oxygens (including phenoxy) is 3. The van der Waals surface area contributed by atoms with Crippen LogP contribution in [0.3, 0.4) is 0 Å². The van der Waals surface area contributed by atoms with E-state index in [9.17, 15) is 9.59 Å². The Balaban J connectivity index is 1.39. The fourth-order valence-corrected chi connectivity index (χ4v) is 7.88. The first-order chi connectivity index (χ1) is 26.6. The molecule has 1 aliphatic carbocycles. The summed E-state index contributed by atoms with van der Waals surface area (Å²) in [4.78, 5) is 26.8. The Hall–Kier alpha value is -5.69. The Morgan fingerprint density at radius 1 is 0.786 bits per heavy atom. The van der Waals surface area contributed by atoms with Crippen LogP contribution in [0.5, 0.6) is 5.75 Å². The molecule has 0 radical (unpaired) electrons. The molecular formula is C49H55N2O5+. The van der Waals surface area contributed by atoms with E-state index < -0.39 is 0 Å². The predicted octanol–water partition coefficient (Wildman–Crippen LogP) is 10.2. The average Bonchev–Trinajstić information content (AvgIpc) is 3.70. The summed E-state index contributed by atoms with van der Waals surface area (Å²) >= 11 is 0. The smallest absolute Gasteiger partial charge is 0.333 e. The lowest BCUT2D eigenvalue weighted by Gasteiger charge is -2.27. The Kier molecular flexibility index (Phi) is 11.6. The summed E-state index contributed by atoms with van der Waals surface area (Å²) < 4.78 is 20.1. The number of carbonyl (C=O) groups is 2. The van der Waals surface area contributed by atoms with Crippen LogP contribution in [0.4, 0.5) is 11.4 Å². The zero-order valence-electron chi connectivity index (χ0n) is 34.3. The van der Waals surface area contributed by atoms with E-state index in [0.29, 0.717) is 24.2 Å². The number of esters is 2. The third-order valence-corrected chi connectivity index (χ3v) is 11.0. The molecule has 290 valence electrons. The number of hydrogen-bond acceptors (Lipinski definition) is 6. The number of nitrogens with zero attached hydrogens (tertiary/aromatic N) is 2. The van der Waals surface area contributed by atoms with E-state index in [0.717, 1.165) is 58.3 Å². The zero-order chi connectivity index (χ0) is 40.4. The fraction of sp³-hybridized carbons (Fsp3) is 0.327. The second-order valence-electron chi connectivity index (χ2n) is 16.2. The van der Waals surface area contributed by atoms with Gasteiger partial charge >= 0.3 is 11.9 Å². The number of rotatable bonds is 13. The van der Waals surface area contributed by atoms with Gasteiger partial charge in [-0.2, -0.15) is 4.58 Å². The minimum atomic E-state index is -0.382. The molecule has 3 aromatic carbocycles. The second kappa shape index (κ2) is 16.2. The lowest BCUT2D eigenvalue weighted by atomic mass is 9.80. The van der Waals surface area contributed by atoms with Gasteiger partial charge in [0.05, 0.1) is 12.0 Å². The van der Waals surface area contributed by atoms with Crippen molar-refractivity contribution in [1.29, 1.82) is 0 Å². The van der Waals surface area contributed by atoms with Crippen LogP contribution >= 0.6 is 0 Å². The lowest BCUT2D eigenvalue weighted by molar-refractivity contribution is -0.440. The highest BCUT2D eigenvalue weighted by Gasteiger charge is 2.44. The maximum Gasteiger partial charge on any atom is 0.333 e. The molecule has 0 N–H and O–H groups in total. The minimum absolute atomic E-state index is 0.242. The van der Waals surface area contributed by atoms with Gasteiger partial charge in [-0.25, -0.2) is 9.59 Å². The predicted molar refractivity (Wildman–Crippen MR) is 226 cm³/mol. The molecule has 6 rings (SSSR count). The first kappa shape index (κ1) is 40.0. The summed E-state index contributed by atoms with van der Waals surface area (Å²) in [5, 5.41) is 0. The summed E-state index contributed by atoms with van der Waals surface area (Å²) in [5.74, 6) is 0.859. The SMILES string of the molecule is C=C(C)C(=O)OCCN1C(=CC=C2CCC(C=CC3=[N+](CCOC(=O)C(=C)C)c4ccc(C)cc4C3(C)C)=C2Oc2ccccc2)C(C)(C)c2cc(C)ccc21. The molecule has 7 heteroatoms. The van der Waals surface area contributed by atoms with Gasteiger partial charge in [0, 0.05) is 45.7 Å². The van der Waals surface area contributed by atoms with Crippen LogP contribution in [-0.4, -0.2) is 48.5 Å². The van der Waals surface area contributed by atoms with Gasteiger partial charge < -0.3 is 19.1 Å². The van der Waals surface area contributed by atoms with Crippen LogP contribution in [0, 0.1) is 13.8 Å². The highest BCUT2D eigenvalue weighted by Crippen LogP contribution is 2.48. The molecule has 0 saturated carbocycles. The van der Waals surface area contributed by atoms with Gasteiger partial charge in [-0.05, 0) is 108 Å². The van der Waals surface area contributed by atoms with E-state index in [1.54, 1.807) is 13.8 Å². The van der Waals surface area contributed by atoms with E-state index in [1.807, 2.05) is 30.3 Å². The average molecular weight is 752 g/mol. The molecule has 0 amide bonds. The van der Waals surface area contributed by atoms with Gasteiger partial charge in [-0.3, -0.25) is 0 Å². The van der Waals surface area contributed by atoms with Gasteiger partial charge in [0.25, 0.3) is 0 Å². The Morgan fingerprint density at radius 2 is 1.43 bits per heavy atom. The van der Waals surface area contributed by atoms with Crippen LogP contribution in [0.15, 0.2) is 138 Å². The quantitative estimate of drug-likeness (QED) is 0.0984. The maximum absolute atomic E-state index is 12.3. The Bertz CT molecular complexity index is 2250. The zero-order valence-corrected chi connectivity index (χ0v) is 34.3. The molecule has 56 heavy (non-hydrogen) atoms. The third-order valence-electron chi connectivity index (χ3n) is 11.0. The van der Waals surface area contributed by atoms with Crippen molar-refractivity contribution in [2.75, 3.05) is 31.2 Å². The molecule has 0 unspecified atom stereocenters. The Labute approximate surface area is 332 Å². The molecule has 2 heterocycles. The van der Waals surface area contributed by atoms with Crippen molar-refractivity contribution in [2.45, 2.75) is 79.1 Å². The van der Waals surface area contributed by atoms with Crippen molar-refractivity contribution in [3.8, 4) is 5.75 Å². The van der Waals surface area contributed by atoms with Gasteiger partial charge in [0.1, 0.15) is 18.1 Å². The van der Waals surface area contributed by atoms with Crippen molar-refractivity contribution in [3.05, 3.63) is 160 Å². The molecule has 0 spiro atoms. The first-order valence-electron chi connectivity index (χ1n) is 19.5. The van der Waals surface area contributed by atoms with Crippen LogP contribution in [0.1, 0.15) is 76.6 Å². The number of fused-ring (bicyclic) bond motifs is 2. The molecule has 0 saturated heterocycles. The van der Waals surface area contributed by atoms with Gasteiger partial charge in [0.15, 0.2) is 18.9 Å². The minimum Gasteiger partial charge on any atom is -0.460 e. The molecule has 3 aliphatic rings. The lowest BCUT2D eigenvalue weighted by Crippen LogP contribution is -2.29. The molecular weight excluding hydrogens is 697 g/mol. The third kappa shape index (κ3) is 8.13. The van der Waals surface area contributed by atoms with Crippen molar-refractivity contribution in [3.63, 3.8) is 0 Å². The summed E-state index contributed by atoms with van der Waals surface area (Å²) in [5.41, 5.74) is 11.8. The number of hydrogen-bond donors (Lipinski definition) is 0.